The molecule has 4 aromatic rings. The van der Waals surface area contributed by atoms with Crippen LogP contribution >= 0.6 is 0 Å². The molecule has 1 aliphatic rings. The smallest absolute Gasteiger partial charge is 0.253 e. The highest BCUT2D eigenvalue weighted by atomic mass is 19.1. The van der Waals surface area contributed by atoms with E-state index in [1.165, 1.54) is 24.4 Å². The molecule has 1 unspecified atom stereocenters. The molecule has 3 heterocycles. The molecule has 1 saturated carbocycles. The summed E-state index contributed by atoms with van der Waals surface area (Å²) in [5, 5.41) is 16.2. The number of rotatable bonds is 9. The van der Waals surface area contributed by atoms with Crippen molar-refractivity contribution in [3.8, 4) is 0 Å². The van der Waals surface area contributed by atoms with Crippen LogP contribution in [0, 0.1) is 11.6 Å². The summed E-state index contributed by atoms with van der Waals surface area (Å²) in [5.74, 6) is 0.0636. The van der Waals surface area contributed by atoms with Gasteiger partial charge in [-0.1, -0.05) is 12.1 Å². The van der Waals surface area contributed by atoms with Gasteiger partial charge in [0.25, 0.3) is 5.91 Å². The number of H-pyrrole nitrogens is 1. The van der Waals surface area contributed by atoms with E-state index < -0.39 is 5.82 Å². The molecule has 0 spiro atoms. The molecule has 1 fully saturated rings. The van der Waals surface area contributed by atoms with Gasteiger partial charge in [0.1, 0.15) is 11.6 Å². The number of benzene rings is 1. The second kappa shape index (κ2) is 10.1. The second-order valence-electron chi connectivity index (χ2n) is 8.78. The molecule has 3 aromatic heterocycles. The minimum atomic E-state index is -0.586. The van der Waals surface area contributed by atoms with Crippen LogP contribution in [0.25, 0.3) is 0 Å². The molecular formula is C26H25F2N7O. The third-order valence-electron chi connectivity index (χ3n) is 6.00. The van der Waals surface area contributed by atoms with E-state index in [4.69, 9.17) is 0 Å². The molecule has 0 saturated heterocycles. The highest BCUT2D eigenvalue weighted by Gasteiger charge is 2.26. The summed E-state index contributed by atoms with van der Waals surface area (Å²) in [6.45, 7) is 1.92. The summed E-state index contributed by atoms with van der Waals surface area (Å²) in [5.41, 5.74) is 2.67. The number of amides is 1. The fourth-order valence-corrected chi connectivity index (χ4v) is 3.81. The molecule has 10 heteroatoms. The van der Waals surface area contributed by atoms with Crippen LogP contribution in [0.15, 0.2) is 60.9 Å². The van der Waals surface area contributed by atoms with Crippen LogP contribution in [0.2, 0.25) is 0 Å². The maximum atomic E-state index is 15.1. The zero-order chi connectivity index (χ0) is 25.1. The molecule has 184 valence electrons. The molecule has 5 rings (SSSR count). The van der Waals surface area contributed by atoms with Crippen molar-refractivity contribution in [3.63, 3.8) is 0 Å². The summed E-state index contributed by atoms with van der Waals surface area (Å²) in [6.07, 6.45) is 5.26. The molecule has 0 aliphatic heterocycles. The van der Waals surface area contributed by atoms with Gasteiger partial charge in [0.05, 0.1) is 5.56 Å². The van der Waals surface area contributed by atoms with Crippen LogP contribution in [-0.2, 0) is 6.54 Å². The zero-order valence-electron chi connectivity index (χ0n) is 19.6. The van der Waals surface area contributed by atoms with Gasteiger partial charge in [-0.05, 0) is 55.7 Å². The first-order valence-electron chi connectivity index (χ1n) is 11.7. The predicted octanol–water partition coefficient (Wildman–Crippen LogP) is 5.20. The Morgan fingerprint density at radius 2 is 1.94 bits per heavy atom. The van der Waals surface area contributed by atoms with Gasteiger partial charge in [0.15, 0.2) is 17.5 Å². The van der Waals surface area contributed by atoms with E-state index in [-0.39, 0.29) is 30.1 Å². The SMILES string of the molecule is CC(Nc1nc(Nc2cc(C3CC3)[nH]n2)c(F)cc1CNC(=O)c1cccnc1)c1ccc(F)cc1. The topological polar surface area (TPSA) is 108 Å². The van der Waals surface area contributed by atoms with Crippen molar-refractivity contribution in [1.82, 2.24) is 25.5 Å². The third-order valence-corrected chi connectivity index (χ3v) is 6.00. The van der Waals surface area contributed by atoms with Crippen LogP contribution in [0.5, 0.6) is 0 Å². The normalized spacial score (nSPS) is 13.8. The molecule has 1 atom stereocenters. The summed E-state index contributed by atoms with van der Waals surface area (Å²) < 4.78 is 28.5. The zero-order valence-corrected chi connectivity index (χ0v) is 19.6. The number of halogens is 2. The lowest BCUT2D eigenvalue weighted by Crippen LogP contribution is -2.24. The van der Waals surface area contributed by atoms with E-state index in [0.717, 1.165) is 24.1 Å². The largest absolute Gasteiger partial charge is 0.363 e. The number of hydrogen-bond donors (Lipinski definition) is 4. The van der Waals surface area contributed by atoms with Gasteiger partial charge in [-0.3, -0.25) is 14.9 Å². The number of nitrogens with one attached hydrogen (secondary N) is 4. The van der Waals surface area contributed by atoms with E-state index in [1.807, 2.05) is 13.0 Å². The van der Waals surface area contributed by atoms with Crippen LogP contribution in [0.1, 0.15) is 58.9 Å². The summed E-state index contributed by atoms with van der Waals surface area (Å²) in [4.78, 5) is 20.9. The van der Waals surface area contributed by atoms with Crippen LogP contribution in [0.3, 0.4) is 0 Å². The number of aromatic amines is 1. The number of pyridine rings is 2. The summed E-state index contributed by atoms with van der Waals surface area (Å²) in [6, 6.07) is 12.3. The number of carbonyl (C=O) groups excluding carboxylic acids is 1. The number of nitrogens with zero attached hydrogens (tertiary/aromatic N) is 3. The molecule has 4 N–H and O–H groups in total. The summed E-state index contributed by atoms with van der Waals surface area (Å²) in [7, 11) is 0. The fourth-order valence-electron chi connectivity index (χ4n) is 3.81. The Bertz CT molecular complexity index is 1350. The highest BCUT2D eigenvalue weighted by Crippen LogP contribution is 2.39. The van der Waals surface area contributed by atoms with Crippen molar-refractivity contribution < 1.29 is 13.6 Å². The molecular weight excluding hydrogens is 464 g/mol. The second-order valence-corrected chi connectivity index (χ2v) is 8.78. The Labute approximate surface area is 206 Å². The van der Waals surface area contributed by atoms with Crippen LogP contribution in [0.4, 0.5) is 26.2 Å². The lowest BCUT2D eigenvalue weighted by Gasteiger charge is -2.19. The fraction of sp³-hybridized carbons (Fsp3) is 0.231. The maximum Gasteiger partial charge on any atom is 0.253 e. The van der Waals surface area contributed by atoms with Crippen molar-refractivity contribution in [3.05, 3.63) is 94.9 Å². The van der Waals surface area contributed by atoms with Gasteiger partial charge in [-0.2, -0.15) is 5.10 Å². The van der Waals surface area contributed by atoms with Crippen molar-refractivity contribution in [2.24, 2.45) is 0 Å². The van der Waals surface area contributed by atoms with E-state index >= 15 is 4.39 Å². The van der Waals surface area contributed by atoms with Gasteiger partial charge in [-0.15, -0.1) is 0 Å². The third kappa shape index (κ3) is 5.48. The Balaban J connectivity index is 1.39. The van der Waals surface area contributed by atoms with Crippen molar-refractivity contribution >= 4 is 23.4 Å². The Morgan fingerprint density at radius 1 is 1.14 bits per heavy atom. The van der Waals surface area contributed by atoms with E-state index in [2.05, 4.69) is 36.1 Å². The molecule has 0 radical (unpaired) electrons. The summed E-state index contributed by atoms with van der Waals surface area (Å²) >= 11 is 0. The first-order chi connectivity index (χ1) is 17.5. The first-order valence-corrected chi connectivity index (χ1v) is 11.7. The Kier molecular flexibility index (Phi) is 6.57. The minimum Gasteiger partial charge on any atom is -0.363 e. The van der Waals surface area contributed by atoms with Crippen molar-refractivity contribution in [1.29, 1.82) is 0 Å². The van der Waals surface area contributed by atoms with Gasteiger partial charge in [0.2, 0.25) is 0 Å². The quantitative estimate of drug-likeness (QED) is 0.257. The maximum absolute atomic E-state index is 15.1. The highest BCUT2D eigenvalue weighted by molar-refractivity contribution is 5.93. The van der Waals surface area contributed by atoms with Gasteiger partial charge in [-0.25, -0.2) is 13.8 Å². The van der Waals surface area contributed by atoms with Crippen LogP contribution < -0.4 is 16.0 Å². The standard InChI is InChI=1S/C26H25F2N7O/c1-15(16-6-8-20(27)9-7-16)31-24-19(14-30-26(36)18-3-2-10-29-13-18)11-21(28)25(33-24)32-23-12-22(34-35-23)17-4-5-17/h2-3,6-13,15,17H,4-5,14H2,1H3,(H,30,36)(H3,31,32,33,34,35). The van der Waals surface area contributed by atoms with Gasteiger partial charge < -0.3 is 16.0 Å². The average Bonchev–Trinajstić information content (AvgIpc) is 3.64. The molecule has 8 nitrogen and oxygen atoms in total. The predicted molar refractivity (Wildman–Crippen MR) is 132 cm³/mol. The Morgan fingerprint density at radius 3 is 2.67 bits per heavy atom. The van der Waals surface area contributed by atoms with E-state index in [9.17, 15) is 9.18 Å². The number of hydrogen-bond acceptors (Lipinski definition) is 6. The molecule has 36 heavy (non-hydrogen) atoms. The average molecular weight is 490 g/mol. The Hall–Kier alpha value is -4.34. The van der Waals surface area contributed by atoms with Crippen molar-refractivity contribution in [2.75, 3.05) is 10.6 Å². The number of carbonyl (C=O) groups is 1. The van der Waals surface area contributed by atoms with Crippen LogP contribution in [-0.4, -0.2) is 26.1 Å². The van der Waals surface area contributed by atoms with E-state index in [1.54, 1.807) is 30.5 Å². The number of anilines is 3. The molecule has 1 aliphatic carbocycles. The van der Waals surface area contributed by atoms with Crippen molar-refractivity contribution in [2.45, 2.75) is 38.3 Å². The lowest BCUT2D eigenvalue weighted by atomic mass is 10.1. The number of aromatic nitrogens is 4. The first kappa shape index (κ1) is 23.4. The van der Waals surface area contributed by atoms with E-state index in [0.29, 0.717) is 28.7 Å². The monoisotopic (exact) mass is 489 g/mol. The molecule has 0 bridgehead atoms. The van der Waals surface area contributed by atoms with Gasteiger partial charge in [0, 0.05) is 48.2 Å². The lowest BCUT2D eigenvalue weighted by molar-refractivity contribution is 0.0950. The molecule has 1 amide bonds. The minimum absolute atomic E-state index is 0.0000102. The molecule has 1 aromatic carbocycles. The van der Waals surface area contributed by atoms with Gasteiger partial charge >= 0.3 is 0 Å².